The molecule has 1 aromatic heterocycles. The van der Waals surface area contributed by atoms with Gasteiger partial charge in [-0.1, -0.05) is 6.92 Å². The number of carboxylic acids is 2. The van der Waals surface area contributed by atoms with E-state index in [1.807, 2.05) is 9.47 Å². The summed E-state index contributed by atoms with van der Waals surface area (Å²) in [5.74, 6) is -3.47. The number of pyridine rings is 1. The molecule has 0 spiro atoms. The fraction of sp³-hybridized carbons (Fsp3) is 0.483. The lowest BCUT2D eigenvalue weighted by molar-refractivity contribution is -0.148. The van der Waals surface area contributed by atoms with Gasteiger partial charge in [0.25, 0.3) is 0 Å². The Morgan fingerprint density at radius 3 is 2.34 bits per heavy atom. The van der Waals surface area contributed by atoms with Crippen LogP contribution in [0.3, 0.4) is 0 Å². The average molecular weight is 632 g/mol. The highest BCUT2D eigenvalue weighted by Crippen LogP contribution is 2.40. The number of ether oxygens (including phenoxy) is 1. The number of hydrogen-bond acceptors (Lipinski definition) is 10. The highest BCUT2D eigenvalue weighted by atomic mass is 32.2. The van der Waals surface area contributed by atoms with Crippen LogP contribution in [0.2, 0.25) is 0 Å². The van der Waals surface area contributed by atoms with Gasteiger partial charge in [0.2, 0.25) is 11.3 Å². The largest absolute Gasteiger partial charge is 0.477 e. The van der Waals surface area contributed by atoms with Crippen LogP contribution in [0, 0.1) is 5.82 Å². The minimum absolute atomic E-state index is 0.105. The van der Waals surface area contributed by atoms with Crippen LogP contribution in [0.25, 0.3) is 10.9 Å². The van der Waals surface area contributed by atoms with Crippen LogP contribution in [0.1, 0.15) is 43.1 Å². The third-order valence-corrected chi connectivity index (χ3v) is 9.53. The van der Waals surface area contributed by atoms with Gasteiger partial charge in [0.15, 0.2) is 0 Å². The summed E-state index contributed by atoms with van der Waals surface area (Å²) in [6.07, 6.45) is 3.30. The highest BCUT2D eigenvalue weighted by molar-refractivity contribution is 8.00. The highest BCUT2D eigenvalue weighted by Gasteiger charge is 2.51. The molecule has 3 aliphatic heterocycles. The molecule has 2 unspecified atom stereocenters. The Labute approximate surface area is 256 Å². The Morgan fingerprint density at radius 2 is 1.77 bits per heavy atom. The molecule has 1 aliphatic carbocycles. The number of β-lactam (4-membered cyclic amide) rings is 1. The molecule has 44 heavy (non-hydrogen) atoms. The third kappa shape index (κ3) is 6.03. The first-order valence-electron chi connectivity index (χ1n) is 14.3. The average Bonchev–Trinajstić information content (AvgIpc) is 3.85. The van der Waals surface area contributed by atoms with E-state index in [2.05, 4.69) is 11.8 Å². The third-order valence-electron chi connectivity index (χ3n) is 8.17. The van der Waals surface area contributed by atoms with Gasteiger partial charge < -0.3 is 35.1 Å². The number of likely N-dealkylation sites (N-methyl/N-ethyl adjacent to an activating group) is 1. The van der Waals surface area contributed by atoms with Crippen molar-refractivity contribution in [3.8, 4) is 0 Å². The Bertz CT molecular complexity index is 1610. The lowest BCUT2D eigenvalue weighted by atomic mass is 10.0. The number of esters is 1. The zero-order chi connectivity index (χ0) is 31.9. The van der Waals surface area contributed by atoms with E-state index in [0.29, 0.717) is 22.5 Å². The number of aromatic carboxylic acids is 1. The van der Waals surface area contributed by atoms with E-state index in [9.17, 15) is 33.5 Å². The van der Waals surface area contributed by atoms with Crippen molar-refractivity contribution >= 4 is 52.2 Å². The first-order valence-corrected chi connectivity index (χ1v) is 15.4. The van der Waals surface area contributed by atoms with Crippen molar-refractivity contribution in [3.05, 3.63) is 51.2 Å². The minimum Gasteiger partial charge on any atom is -0.477 e. The number of nitrogens with two attached hydrogens (primary N) is 1. The first kappa shape index (κ1) is 31.5. The summed E-state index contributed by atoms with van der Waals surface area (Å²) in [5.41, 5.74) is 6.10. The van der Waals surface area contributed by atoms with Crippen LogP contribution in [-0.2, 0) is 19.1 Å². The van der Waals surface area contributed by atoms with E-state index in [1.54, 1.807) is 6.07 Å². The smallest absolute Gasteiger partial charge is 0.352 e. The van der Waals surface area contributed by atoms with Gasteiger partial charge >= 0.3 is 17.9 Å². The van der Waals surface area contributed by atoms with Crippen LogP contribution in [0.4, 0.5) is 10.1 Å². The second kappa shape index (κ2) is 12.6. The Morgan fingerprint density at radius 1 is 1.09 bits per heavy atom. The maximum Gasteiger partial charge on any atom is 0.352 e. The fourth-order valence-electron chi connectivity index (χ4n) is 5.59. The molecule has 2 saturated heterocycles. The molecule has 2 aromatic rings. The maximum absolute atomic E-state index is 14.8. The maximum atomic E-state index is 14.8. The van der Waals surface area contributed by atoms with Crippen molar-refractivity contribution < 1.29 is 38.5 Å². The van der Waals surface area contributed by atoms with Gasteiger partial charge in [-0.2, -0.15) is 0 Å². The number of carbonyl (C=O) groups is 4. The van der Waals surface area contributed by atoms with Crippen LogP contribution in [-0.4, -0.2) is 105 Å². The molecule has 1 amide bonds. The molecule has 4 heterocycles. The Kier molecular flexibility index (Phi) is 9.00. The zero-order valence-corrected chi connectivity index (χ0v) is 25.1. The number of anilines is 1. The van der Waals surface area contributed by atoms with Gasteiger partial charge in [-0.15, -0.1) is 11.8 Å². The number of hydrogen-bond donors (Lipinski definition) is 3. The van der Waals surface area contributed by atoms with Gasteiger partial charge in [0, 0.05) is 62.1 Å². The van der Waals surface area contributed by atoms with Crippen LogP contribution in [0.15, 0.2) is 34.4 Å². The van der Waals surface area contributed by atoms with Gasteiger partial charge in [0.1, 0.15) is 35.1 Å². The van der Waals surface area contributed by atoms with Crippen molar-refractivity contribution in [1.29, 1.82) is 0 Å². The van der Waals surface area contributed by atoms with Crippen LogP contribution < -0.4 is 16.1 Å². The second-order valence-corrected chi connectivity index (χ2v) is 12.1. The molecule has 15 heteroatoms. The molecule has 2 atom stereocenters. The monoisotopic (exact) mass is 631 g/mol. The predicted octanol–water partition coefficient (Wildman–Crippen LogP) is 1.45. The molecule has 1 aromatic carbocycles. The van der Waals surface area contributed by atoms with E-state index >= 15 is 0 Å². The number of thioether (sulfide) groups is 1. The van der Waals surface area contributed by atoms with Crippen LogP contribution in [0.5, 0.6) is 0 Å². The normalized spacial score (nSPS) is 21.8. The number of rotatable bonds is 7. The molecule has 4 aliphatic rings. The number of nitrogens with zero attached hydrogens (tertiary/aromatic N) is 4. The molecular formula is C29H34FN5O8S. The van der Waals surface area contributed by atoms with Crippen LogP contribution >= 0.6 is 11.8 Å². The lowest BCUT2D eigenvalue weighted by Gasteiger charge is -2.47. The molecule has 4 N–H and O–H groups in total. The van der Waals surface area contributed by atoms with E-state index in [4.69, 9.17) is 15.6 Å². The van der Waals surface area contributed by atoms with Gasteiger partial charge in [0.05, 0.1) is 11.2 Å². The van der Waals surface area contributed by atoms with E-state index in [1.165, 1.54) is 35.8 Å². The number of piperazine rings is 1. The molecule has 6 rings (SSSR count). The molecule has 1 saturated carbocycles. The molecule has 236 valence electrons. The Hall–Kier alpha value is -3.95. The predicted molar refractivity (Wildman–Crippen MR) is 160 cm³/mol. The summed E-state index contributed by atoms with van der Waals surface area (Å²) in [7, 11) is 0. The zero-order valence-electron chi connectivity index (χ0n) is 24.3. The van der Waals surface area contributed by atoms with E-state index in [-0.39, 0.29) is 34.7 Å². The minimum atomic E-state index is -1.27. The molecule has 0 radical (unpaired) electrons. The summed E-state index contributed by atoms with van der Waals surface area (Å²) in [6.45, 7) is 7.44. The van der Waals surface area contributed by atoms with Crippen molar-refractivity contribution in [1.82, 2.24) is 14.4 Å². The number of amides is 1. The summed E-state index contributed by atoms with van der Waals surface area (Å²) >= 11 is 1.37. The van der Waals surface area contributed by atoms with Gasteiger partial charge in [-0.05, 0) is 31.5 Å². The van der Waals surface area contributed by atoms with Crippen molar-refractivity contribution in [2.75, 3.05) is 50.0 Å². The molecule has 3 fully saturated rings. The summed E-state index contributed by atoms with van der Waals surface area (Å²) in [4.78, 5) is 62.9. The molecule has 13 nitrogen and oxygen atoms in total. The second-order valence-electron chi connectivity index (χ2n) is 11.0. The fourth-order valence-corrected chi connectivity index (χ4v) is 6.87. The van der Waals surface area contributed by atoms with E-state index < -0.39 is 41.1 Å². The number of halogens is 1. The first-order chi connectivity index (χ1) is 20.9. The standard InChI is InChI=1S/C19H22FN3O3.C10H12N2O5S/c1-2-21-5-7-22(8-6-21)17-10-16-13(9-15(17)20)18(24)14(19(25)26)11-23(16)12-3-4-12;1-4(13)17-2-5-3-18-9-6(11)8(14)12(9)7(5)10(15)16/h9-12H,2-8H2,1H3,(H,25,26);6,9H,2-3,11H2,1H3,(H,15,16). The lowest BCUT2D eigenvalue weighted by Crippen LogP contribution is -2.68. The number of carboxylic acid groups (broad SMARTS) is 2. The van der Waals surface area contributed by atoms with Gasteiger partial charge in [-0.3, -0.25) is 19.3 Å². The van der Waals surface area contributed by atoms with Crippen molar-refractivity contribution in [2.45, 2.75) is 44.1 Å². The molecular weight excluding hydrogens is 597 g/mol. The molecule has 0 bridgehead atoms. The number of aromatic nitrogens is 1. The number of aliphatic carboxylic acids is 1. The summed E-state index contributed by atoms with van der Waals surface area (Å²) in [5, 5.41) is 18.3. The van der Waals surface area contributed by atoms with E-state index in [0.717, 1.165) is 45.6 Å². The summed E-state index contributed by atoms with van der Waals surface area (Å²) < 4.78 is 21.4. The number of carbonyl (C=O) groups excluding carboxylic acids is 2. The number of fused-ring (bicyclic) bond motifs is 2. The number of benzene rings is 1. The van der Waals surface area contributed by atoms with Crippen molar-refractivity contribution in [2.24, 2.45) is 5.73 Å². The quantitative estimate of drug-likeness (QED) is 0.297. The topological polar surface area (TPSA) is 176 Å². The summed E-state index contributed by atoms with van der Waals surface area (Å²) in [6, 6.07) is 2.47. The Balaban J connectivity index is 0.000000187. The van der Waals surface area contributed by atoms with Crippen molar-refractivity contribution in [3.63, 3.8) is 0 Å². The van der Waals surface area contributed by atoms with Gasteiger partial charge in [-0.25, -0.2) is 14.0 Å². The SMILES string of the molecule is CC(=O)OCC1=C(C(=O)O)N2C(=O)C(N)C2SC1.CCN1CCN(c2cc3c(cc2F)c(=O)c(C(=O)O)cn3C2CC2)CC1.